The Hall–Kier alpha value is -2.11. The maximum atomic E-state index is 13.7. The van der Waals surface area contributed by atoms with Crippen LogP contribution in [0.25, 0.3) is 0 Å². The molecule has 0 radical (unpaired) electrons. The van der Waals surface area contributed by atoms with E-state index in [-0.39, 0.29) is 48.5 Å². The van der Waals surface area contributed by atoms with Crippen molar-refractivity contribution in [2.45, 2.75) is 33.1 Å². The highest BCUT2D eigenvalue weighted by Crippen LogP contribution is 2.24. The molecule has 0 saturated carbocycles. The van der Waals surface area contributed by atoms with Gasteiger partial charge in [-0.1, -0.05) is 12.1 Å². The third-order valence-corrected chi connectivity index (χ3v) is 3.62. The standard InChI is InChI=1S/C19H22F4N4O.HI/c1-3-24-18(27-11-16-15(20)5-4-8-25-16)26-10-14-7-6-13(2)9-17(14)28-12-19(21,22)23;/h4-9H,3,10-12H2,1-2H3,(H2,24,26,27);1H. The number of halogens is 5. The van der Waals surface area contributed by atoms with Gasteiger partial charge in [0, 0.05) is 18.3 Å². The summed E-state index contributed by atoms with van der Waals surface area (Å²) in [6, 6.07) is 7.80. The van der Waals surface area contributed by atoms with Crippen LogP contribution in [0, 0.1) is 12.7 Å². The number of hydrogen-bond donors (Lipinski definition) is 2. The summed E-state index contributed by atoms with van der Waals surface area (Å²) in [5.74, 6) is 0.0785. The molecule has 2 aromatic rings. The average molecular weight is 526 g/mol. The highest BCUT2D eigenvalue weighted by molar-refractivity contribution is 14.0. The molecule has 0 spiro atoms. The van der Waals surface area contributed by atoms with Crippen molar-refractivity contribution in [1.29, 1.82) is 0 Å². The number of nitrogens with one attached hydrogen (secondary N) is 2. The third kappa shape index (κ3) is 8.84. The van der Waals surface area contributed by atoms with Gasteiger partial charge in [0.05, 0.1) is 18.8 Å². The van der Waals surface area contributed by atoms with Crippen LogP contribution in [0.2, 0.25) is 0 Å². The zero-order chi connectivity index (χ0) is 20.6. The van der Waals surface area contributed by atoms with Crippen LogP contribution < -0.4 is 15.4 Å². The molecule has 2 rings (SSSR count). The number of pyridine rings is 1. The van der Waals surface area contributed by atoms with Crippen LogP contribution in [-0.2, 0) is 13.1 Å². The fourth-order valence-electron chi connectivity index (χ4n) is 2.31. The van der Waals surface area contributed by atoms with Gasteiger partial charge < -0.3 is 15.4 Å². The fraction of sp³-hybridized carbons (Fsp3) is 0.368. The maximum absolute atomic E-state index is 13.7. The van der Waals surface area contributed by atoms with Crippen molar-refractivity contribution in [3.05, 3.63) is 59.2 Å². The lowest BCUT2D eigenvalue weighted by atomic mass is 10.1. The average Bonchev–Trinajstić information content (AvgIpc) is 2.64. The summed E-state index contributed by atoms with van der Waals surface area (Å²) in [5.41, 5.74) is 1.52. The second-order valence-electron chi connectivity index (χ2n) is 6.00. The summed E-state index contributed by atoms with van der Waals surface area (Å²) in [7, 11) is 0. The van der Waals surface area contributed by atoms with E-state index in [1.165, 1.54) is 18.3 Å². The van der Waals surface area contributed by atoms with Crippen molar-refractivity contribution < 1.29 is 22.3 Å². The Kier molecular flexibility index (Phi) is 10.1. The van der Waals surface area contributed by atoms with E-state index in [4.69, 9.17) is 4.74 Å². The van der Waals surface area contributed by atoms with Crippen LogP contribution in [0.4, 0.5) is 17.6 Å². The van der Waals surface area contributed by atoms with Crippen molar-refractivity contribution in [3.8, 4) is 5.75 Å². The molecule has 0 aliphatic carbocycles. The summed E-state index contributed by atoms with van der Waals surface area (Å²) < 4.78 is 56.0. The van der Waals surface area contributed by atoms with Gasteiger partial charge in [-0.2, -0.15) is 13.2 Å². The molecule has 0 aliphatic heterocycles. The largest absolute Gasteiger partial charge is 0.484 e. The van der Waals surface area contributed by atoms with Gasteiger partial charge in [-0.15, -0.1) is 24.0 Å². The van der Waals surface area contributed by atoms with Crippen molar-refractivity contribution in [2.75, 3.05) is 13.2 Å². The Labute approximate surface area is 184 Å². The Morgan fingerprint density at radius 2 is 1.97 bits per heavy atom. The number of hydrogen-bond acceptors (Lipinski definition) is 3. The molecule has 2 N–H and O–H groups in total. The summed E-state index contributed by atoms with van der Waals surface area (Å²) in [6.07, 6.45) is -2.94. The second-order valence-corrected chi connectivity index (χ2v) is 6.00. The molecule has 160 valence electrons. The number of guanidine groups is 1. The third-order valence-electron chi connectivity index (χ3n) is 3.62. The Morgan fingerprint density at radius 1 is 1.21 bits per heavy atom. The normalized spacial score (nSPS) is 11.6. The number of aliphatic imine (C=N–C) groups is 1. The van der Waals surface area contributed by atoms with Gasteiger partial charge in [0.15, 0.2) is 12.6 Å². The fourth-order valence-corrected chi connectivity index (χ4v) is 2.31. The number of benzene rings is 1. The molecule has 0 amide bonds. The topological polar surface area (TPSA) is 58.5 Å². The number of aromatic nitrogens is 1. The number of nitrogens with zero attached hydrogens (tertiary/aromatic N) is 2. The quantitative estimate of drug-likeness (QED) is 0.244. The van der Waals surface area contributed by atoms with E-state index in [0.717, 1.165) is 5.56 Å². The van der Waals surface area contributed by atoms with Crippen LogP contribution in [-0.4, -0.2) is 30.3 Å². The molecule has 0 fully saturated rings. The molecular formula is C19H23F4IN4O. The first-order chi connectivity index (χ1) is 13.3. The Bertz CT molecular complexity index is 815. The predicted octanol–water partition coefficient (Wildman–Crippen LogP) is 4.34. The van der Waals surface area contributed by atoms with Gasteiger partial charge in [-0.25, -0.2) is 9.38 Å². The summed E-state index contributed by atoms with van der Waals surface area (Å²) in [6.45, 7) is 3.02. The Balaban J connectivity index is 0.00000420. The van der Waals surface area contributed by atoms with Gasteiger partial charge in [0.2, 0.25) is 0 Å². The van der Waals surface area contributed by atoms with Crippen LogP contribution in [0.15, 0.2) is 41.5 Å². The molecular weight excluding hydrogens is 503 g/mol. The van der Waals surface area contributed by atoms with E-state index < -0.39 is 18.6 Å². The van der Waals surface area contributed by atoms with E-state index in [1.54, 1.807) is 25.1 Å². The number of ether oxygens (including phenoxy) is 1. The van der Waals surface area contributed by atoms with E-state index in [9.17, 15) is 17.6 Å². The van der Waals surface area contributed by atoms with Gasteiger partial charge in [-0.3, -0.25) is 4.98 Å². The molecule has 0 aliphatic rings. The minimum absolute atomic E-state index is 0. The summed E-state index contributed by atoms with van der Waals surface area (Å²) in [5, 5.41) is 5.95. The molecule has 1 aromatic heterocycles. The lowest BCUT2D eigenvalue weighted by Crippen LogP contribution is -2.37. The zero-order valence-corrected chi connectivity index (χ0v) is 18.3. The zero-order valence-electron chi connectivity index (χ0n) is 16.0. The summed E-state index contributed by atoms with van der Waals surface area (Å²) in [4.78, 5) is 8.30. The highest BCUT2D eigenvalue weighted by Gasteiger charge is 2.28. The number of rotatable bonds is 7. The monoisotopic (exact) mass is 526 g/mol. The molecule has 0 unspecified atom stereocenters. The maximum Gasteiger partial charge on any atom is 0.422 e. The molecule has 0 bridgehead atoms. The van der Waals surface area contributed by atoms with E-state index in [2.05, 4.69) is 20.6 Å². The first-order valence-corrected chi connectivity index (χ1v) is 8.69. The predicted molar refractivity (Wildman–Crippen MR) is 114 cm³/mol. The highest BCUT2D eigenvalue weighted by atomic mass is 127. The molecule has 1 heterocycles. The number of aryl methyl sites for hydroxylation is 1. The van der Waals surface area contributed by atoms with Gasteiger partial charge >= 0.3 is 6.18 Å². The first-order valence-electron chi connectivity index (χ1n) is 8.69. The Morgan fingerprint density at radius 3 is 2.62 bits per heavy atom. The van der Waals surface area contributed by atoms with Gasteiger partial charge in [-0.05, 0) is 37.6 Å². The van der Waals surface area contributed by atoms with E-state index >= 15 is 0 Å². The van der Waals surface area contributed by atoms with Crippen LogP contribution in [0.1, 0.15) is 23.7 Å². The summed E-state index contributed by atoms with van der Waals surface area (Å²) >= 11 is 0. The molecule has 29 heavy (non-hydrogen) atoms. The van der Waals surface area contributed by atoms with Gasteiger partial charge in [0.25, 0.3) is 0 Å². The first kappa shape index (κ1) is 24.9. The van der Waals surface area contributed by atoms with Crippen LogP contribution >= 0.6 is 24.0 Å². The second kappa shape index (κ2) is 11.8. The molecule has 1 aromatic carbocycles. The molecule has 0 atom stereocenters. The smallest absolute Gasteiger partial charge is 0.422 e. The van der Waals surface area contributed by atoms with Gasteiger partial charge in [0.1, 0.15) is 11.6 Å². The minimum atomic E-state index is -4.42. The molecule has 10 heteroatoms. The molecule has 5 nitrogen and oxygen atoms in total. The van der Waals surface area contributed by atoms with Crippen molar-refractivity contribution in [2.24, 2.45) is 4.99 Å². The lowest BCUT2D eigenvalue weighted by Gasteiger charge is -2.14. The van der Waals surface area contributed by atoms with Crippen LogP contribution in [0.5, 0.6) is 5.75 Å². The van der Waals surface area contributed by atoms with E-state index in [1.807, 2.05) is 6.92 Å². The molecule has 0 saturated heterocycles. The van der Waals surface area contributed by atoms with Crippen molar-refractivity contribution >= 4 is 29.9 Å². The van der Waals surface area contributed by atoms with Crippen molar-refractivity contribution in [3.63, 3.8) is 0 Å². The van der Waals surface area contributed by atoms with E-state index in [0.29, 0.717) is 18.1 Å². The number of alkyl halides is 3. The SMILES string of the molecule is CCNC(=NCc1ccc(C)cc1OCC(F)(F)F)NCc1ncccc1F.I. The van der Waals surface area contributed by atoms with Crippen molar-refractivity contribution in [1.82, 2.24) is 15.6 Å². The minimum Gasteiger partial charge on any atom is -0.484 e. The lowest BCUT2D eigenvalue weighted by molar-refractivity contribution is -0.153. The van der Waals surface area contributed by atoms with Crippen LogP contribution in [0.3, 0.4) is 0 Å².